The lowest BCUT2D eigenvalue weighted by Gasteiger charge is -2.16. The second-order valence-corrected chi connectivity index (χ2v) is 7.43. The van der Waals surface area contributed by atoms with E-state index in [2.05, 4.69) is 0 Å². The van der Waals surface area contributed by atoms with Crippen molar-refractivity contribution in [2.24, 2.45) is 5.73 Å². The molecule has 2 N–H and O–H groups in total. The van der Waals surface area contributed by atoms with Crippen molar-refractivity contribution >= 4 is 7.37 Å². The average molecular weight is 285 g/mol. The lowest BCUT2D eigenvalue weighted by molar-refractivity contribution is 0.294. The van der Waals surface area contributed by atoms with Gasteiger partial charge in [-0.05, 0) is 38.0 Å². The number of benzene rings is 1. The predicted molar refractivity (Wildman–Crippen MR) is 79.1 cm³/mol. The van der Waals surface area contributed by atoms with E-state index in [0.29, 0.717) is 18.5 Å². The van der Waals surface area contributed by atoms with Gasteiger partial charge < -0.3 is 15.0 Å². The summed E-state index contributed by atoms with van der Waals surface area (Å²) < 4.78 is 23.0. The Labute approximate surface area is 115 Å². The summed E-state index contributed by atoms with van der Waals surface area (Å²) in [6, 6.07) is 7.87. The SMILES string of the molecule is CCOP(=O)(CC)COc1ccc(C[C@@H](C)N)cc1. The lowest BCUT2D eigenvalue weighted by atomic mass is 10.1. The molecule has 0 aliphatic rings. The van der Waals surface area contributed by atoms with Gasteiger partial charge in [0.2, 0.25) is 7.37 Å². The molecular weight excluding hydrogens is 261 g/mol. The van der Waals surface area contributed by atoms with Crippen LogP contribution in [-0.4, -0.2) is 25.2 Å². The fourth-order valence-electron chi connectivity index (χ4n) is 1.72. The highest BCUT2D eigenvalue weighted by atomic mass is 31.2. The van der Waals surface area contributed by atoms with Crippen molar-refractivity contribution in [1.82, 2.24) is 0 Å². The van der Waals surface area contributed by atoms with Crippen LogP contribution in [0, 0.1) is 0 Å². The van der Waals surface area contributed by atoms with Crippen LogP contribution < -0.4 is 10.5 Å². The molecule has 1 unspecified atom stereocenters. The van der Waals surface area contributed by atoms with Gasteiger partial charge >= 0.3 is 0 Å². The van der Waals surface area contributed by atoms with Gasteiger partial charge in [0, 0.05) is 12.2 Å². The maximum absolute atomic E-state index is 12.2. The molecule has 2 atom stereocenters. The molecule has 108 valence electrons. The van der Waals surface area contributed by atoms with Gasteiger partial charge in [-0.25, -0.2) is 0 Å². The number of hydrogen-bond donors (Lipinski definition) is 1. The molecule has 1 rings (SSSR count). The van der Waals surface area contributed by atoms with Gasteiger partial charge in [0.05, 0.1) is 6.61 Å². The first kappa shape index (κ1) is 16.2. The number of ether oxygens (including phenoxy) is 1. The third kappa shape index (κ3) is 5.77. The Morgan fingerprint density at radius 3 is 2.37 bits per heavy atom. The van der Waals surface area contributed by atoms with Crippen LogP contribution in [0.25, 0.3) is 0 Å². The molecule has 0 radical (unpaired) electrons. The minimum atomic E-state index is -2.64. The zero-order valence-corrected chi connectivity index (χ0v) is 12.9. The molecule has 0 amide bonds. The van der Waals surface area contributed by atoms with E-state index in [0.717, 1.165) is 6.42 Å². The predicted octanol–water partition coefficient (Wildman–Crippen LogP) is 3.25. The van der Waals surface area contributed by atoms with E-state index in [1.54, 1.807) is 0 Å². The van der Waals surface area contributed by atoms with E-state index in [9.17, 15) is 4.57 Å². The Morgan fingerprint density at radius 2 is 1.89 bits per heavy atom. The number of nitrogens with two attached hydrogens (primary N) is 1. The highest BCUT2D eigenvalue weighted by Gasteiger charge is 2.20. The van der Waals surface area contributed by atoms with Crippen LogP contribution in [0.1, 0.15) is 26.3 Å². The summed E-state index contributed by atoms with van der Waals surface area (Å²) >= 11 is 0. The van der Waals surface area contributed by atoms with Crippen molar-refractivity contribution in [3.05, 3.63) is 29.8 Å². The largest absolute Gasteiger partial charge is 0.484 e. The molecular formula is C14H24NO3P. The molecule has 0 fully saturated rings. The van der Waals surface area contributed by atoms with Gasteiger partial charge in [-0.3, -0.25) is 4.57 Å². The minimum absolute atomic E-state index is 0.129. The normalized spacial score (nSPS) is 15.8. The molecule has 1 aromatic carbocycles. The van der Waals surface area contributed by atoms with Crippen LogP contribution in [0.4, 0.5) is 0 Å². The Kier molecular flexibility index (Phi) is 6.56. The van der Waals surface area contributed by atoms with Crippen LogP contribution >= 0.6 is 7.37 Å². The molecule has 0 bridgehead atoms. The molecule has 0 aromatic heterocycles. The second kappa shape index (κ2) is 7.68. The maximum atomic E-state index is 12.2. The van der Waals surface area contributed by atoms with Gasteiger partial charge in [-0.2, -0.15) is 0 Å². The molecule has 1 aromatic rings. The van der Waals surface area contributed by atoms with E-state index < -0.39 is 7.37 Å². The van der Waals surface area contributed by atoms with E-state index in [4.69, 9.17) is 15.0 Å². The summed E-state index contributed by atoms with van der Waals surface area (Å²) in [4.78, 5) is 0. The van der Waals surface area contributed by atoms with E-state index in [-0.39, 0.29) is 12.4 Å². The van der Waals surface area contributed by atoms with Crippen molar-refractivity contribution < 1.29 is 13.8 Å². The van der Waals surface area contributed by atoms with Crippen molar-refractivity contribution in [1.29, 1.82) is 0 Å². The Hall–Kier alpha value is -0.830. The summed E-state index contributed by atoms with van der Waals surface area (Å²) in [6.07, 6.45) is 1.46. The van der Waals surface area contributed by atoms with Crippen LogP contribution in [0.15, 0.2) is 24.3 Å². The van der Waals surface area contributed by atoms with Gasteiger partial charge in [0.25, 0.3) is 0 Å². The molecule has 19 heavy (non-hydrogen) atoms. The van der Waals surface area contributed by atoms with E-state index in [1.807, 2.05) is 45.0 Å². The van der Waals surface area contributed by atoms with Crippen LogP contribution in [0.5, 0.6) is 5.75 Å². The highest BCUT2D eigenvalue weighted by molar-refractivity contribution is 7.58. The Balaban J connectivity index is 2.56. The van der Waals surface area contributed by atoms with Gasteiger partial charge in [-0.1, -0.05) is 19.1 Å². The number of hydrogen-bond acceptors (Lipinski definition) is 4. The van der Waals surface area contributed by atoms with E-state index in [1.165, 1.54) is 5.56 Å². The van der Waals surface area contributed by atoms with Gasteiger partial charge in [0.1, 0.15) is 5.75 Å². The zero-order valence-electron chi connectivity index (χ0n) is 12.0. The average Bonchev–Trinajstić information content (AvgIpc) is 2.38. The van der Waals surface area contributed by atoms with Crippen LogP contribution in [-0.2, 0) is 15.5 Å². The first-order chi connectivity index (χ1) is 8.99. The summed E-state index contributed by atoms with van der Waals surface area (Å²) in [5, 5.41) is 0. The van der Waals surface area contributed by atoms with Crippen molar-refractivity contribution in [2.75, 3.05) is 19.1 Å². The molecule has 4 nitrogen and oxygen atoms in total. The standard InChI is InChI=1S/C14H24NO3P/c1-4-18-19(16,5-2)11-17-14-8-6-13(7-9-14)10-12(3)15/h6-9,12H,4-5,10-11,15H2,1-3H3/t12-,19?/m1/s1. The third-order valence-electron chi connectivity index (χ3n) is 2.76. The molecule has 0 spiro atoms. The minimum Gasteiger partial charge on any atom is -0.484 e. The van der Waals surface area contributed by atoms with E-state index >= 15 is 0 Å². The molecule has 0 aliphatic carbocycles. The van der Waals surface area contributed by atoms with Gasteiger partial charge in [0.15, 0.2) is 6.35 Å². The third-order valence-corrected chi connectivity index (χ3v) is 4.97. The monoisotopic (exact) mass is 285 g/mol. The lowest BCUT2D eigenvalue weighted by Crippen LogP contribution is -2.17. The summed E-state index contributed by atoms with van der Waals surface area (Å²) in [5.41, 5.74) is 6.92. The second-order valence-electron chi connectivity index (χ2n) is 4.65. The fourth-order valence-corrected chi connectivity index (χ4v) is 2.98. The summed E-state index contributed by atoms with van der Waals surface area (Å²) in [6.45, 7) is 6.11. The first-order valence-corrected chi connectivity index (χ1v) is 8.68. The topological polar surface area (TPSA) is 61.5 Å². The maximum Gasteiger partial charge on any atom is 0.239 e. The molecule has 0 saturated carbocycles. The van der Waals surface area contributed by atoms with Crippen molar-refractivity contribution in [2.45, 2.75) is 33.2 Å². The molecule has 0 saturated heterocycles. The highest BCUT2D eigenvalue weighted by Crippen LogP contribution is 2.46. The smallest absolute Gasteiger partial charge is 0.239 e. The van der Waals surface area contributed by atoms with Crippen molar-refractivity contribution in [3.8, 4) is 5.75 Å². The Morgan fingerprint density at radius 1 is 1.26 bits per heavy atom. The molecule has 0 aliphatic heterocycles. The summed E-state index contributed by atoms with van der Waals surface area (Å²) in [7, 11) is -2.64. The van der Waals surface area contributed by atoms with Crippen molar-refractivity contribution in [3.63, 3.8) is 0 Å². The molecule has 0 heterocycles. The molecule has 5 heteroatoms. The van der Waals surface area contributed by atoms with Gasteiger partial charge in [-0.15, -0.1) is 0 Å². The number of rotatable bonds is 8. The summed E-state index contributed by atoms with van der Waals surface area (Å²) in [5.74, 6) is 0.710. The van der Waals surface area contributed by atoms with Crippen LogP contribution in [0.2, 0.25) is 0 Å². The Bertz CT molecular complexity index is 417. The first-order valence-electron chi connectivity index (χ1n) is 6.69. The zero-order chi connectivity index (χ0) is 14.3. The quantitative estimate of drug-likeness (QED) is 0.745. The van der Waals surface area contributed by atoms with Crippen LogP contribution in [0.3, 0.4) is 0 Å². The fraction of sp³-hybridized carbons (Fsp3) is 0.571.